The monoisotopic (exact) mass is 359 g/mol. The van der Waals surface area contributed by atoms with E-state index in [2.05, 4.69) is 25.6 Å². The van der Waals surface area contributed by atoms with E-state index in [1.54, 1.807) is 31.2 Å². The lowest BCUT2D eigenvalue weighted by atomic mass is 10.1. The van der Waals surface area contributed by atoms with E-state index < -0.39 is 12.1 Å². The van der Waals surface area contributed by atoms with E-state index in [-0.39, 0.29) is 17.3 Å². The second-order valence-electron chi connectivity index (χ2n) is 5.35. The van der Waals surface area contributed by atoms with Crippen LogP contribution in [0.25, 0.3) is 10.9 Å². The fourth-order valence-corrected chi connectivity index (χ4v) is 2.58. The number of nitrogens with zero attached hydrogens (tertiary/aromatic N) is 2. The minimum Gasteiger partial charge on any atom is -0.465 e. The molecule has 0 aliphatic rings. The van der Waals surface area contributed by atoms with Crippen molar-refractivity contribution in [3.05, 3.63) is 57.5 Å². The number of fused-ring (bicyclic) bond motifs is 1. The van der Waals surface area contributed by atoms with Gasteiger partial charge in [-0.25, -0.2) is 9.78 Å². The molecule has 0 radical (unpaired) electrons. The third kappa shape index (κ3) is 3.86. The van der Waals surface area contributed by atoms with Crippen molar-refractivity contribution >= 4 is 40.4 Å². The molecule has 0 bridgehead atoms. The molecular formula is C16H14ClN5O3. The fourth-order valence-electron chi connectivity index (χ4n) is 2.39. The molecule has 25 heavy (non-hydrogen) atoms. The summed E-state index contributed by atoms with van der Waals surface area (Å²) in [5.74, 6) is 0.334. The average molecular weight is 360 g/mol. The van der Waals surface area contributed by atoms with Crippen molar-refractivity contribution in [3.63, 3.8) is 0 Å². The zero-order valence-electron chi connectivity index (χ0n) is 13.1. The Labute approximate surface area is 146 Å². The van der Waals surface area contributed by atoms with Crippen LogP contribution in [0.4, 0.5) is 16.6 Å². The van der Waals surface area contributed by atoms with E-state index in [4.69, 9.17) is 16.7 Å². The summed E-state index contributed by atoms with van der Waals surface area (Å²) in [4.78, 5) is 33.8. The van der Waals surface area contributed by atoms with Crippen LogP contribution in [0.1, 0.15) is 18.5 Å². The Hall–Kier alpha value is -3.13. The topological polar surface area (TPSA) is 120 Å². The Morgan fingerprint density at radius 2 is 2.12 bits per heavy atom. The van der Waals surface area contributed by atoms with Gasteiger partial charge in [0.1, 0.15) is 5.82 Å². The summed E-state index contributed by atoms with van der Waals surface area (Å²) in [5.41, 5.74) is 0.929. The summed E-state index contributed by atoms with van der Waals surface area (Å²) < 4.78 is 0. The predicted molar refractivity (Wildman–Crippen MR) is 95.3 cm³/mol. The van der Waals surface area contributed by atoms with Gasteiger partial charge in [-0.1, -0.05) is 11.6 Å². The maximum Gasteiger partial charge on any atom is 0.410 e. The van der Waals surface area contributed by atoms with Crippen molar-refractivity contribution in [2.24, 2.45) is 0 Å². The first kappa shape index (κ1) is 16.7. The van der Waals surface area contributed by atoms with Crippen molar-refractivity contribution in [2.45, 2.75) is 13.0 Å². The largest absolute Gasteiger partial charge is 0.465 e. The zero-order valence-corrected chi connectivity index (χ0v) is 13.8. The molecule has 0 saturated carbocycles. The van der Waals surface area contributed by atoms with Crippen LogP contribution in [0.2, 0.25) is 5.02 Å². The standard InChI is InChI=1S/C16H14ClN5O3/c1-8(19-15-18-5-4-13(21-15)22-16(24)25)11-7-9-6-10(17)2-3-12(9)20-14(11)23/h2-8H,1H3,(H,20,23)(H,24,25)(H2,18,19,21,22). The van der Waals surface area contributed by atoms with Gasteiger partial charge in [0, 0.05) is 27.7 Å². The highest BCUT2D eigenvalue weighted by molar-refractivity contribution is 6.31. The quantitative estimate of drug-likeness (QED) is 0.567. The van der Waals surface area contributed by atoms with Crippen LogP contribution in [0.5, 0.6) is 0 Å². The molecule has 0 saturated heterocycles. The van der Waals surface area contributed by atoms with Gasteiger partial charge in [0.25, 0.3) is 5.56 Å². The predicted octanol–water partition coefficient (Wildman–Crippen LogP) is 3.23. The molecule has 0 aliphatic carbocycles. The number of nitrogens with one attached hydrogen (secondary N) is 3. The van der Waals surface area contributed by atoms with Gasteiger partial charge in [0.2, 0.25) is 5.95 Å². The van der Waals surface area contributed by atoms with Crippen LogP contribution in [0.3, 0.4) is 0 Å². The normalized spacial score (nSPS) is 11.9. The van der Waals surface area contributed by atoms with Crippen LogP contribution in [0.15, 0.2) is 41.3 Å². The molecule has 4 N–H and O–H groups in total. The number of aromatic nitrogens is 3. The Balaban J connectivity index is 1.89. The molecule has 0 aliphatic heterocycles. The third-order valence-electron chi connectivity index (χ3n) is 3.54. The van der Waals surface area contributed by atoms with E-state index in [1.165, 1.54) is 12.3 Å². The molecule has 1 atom stereocenters. The lowest BCUT2D eigenvalue weighted by Crippen LogP contribution is -2.20. The molecular weight excluding hydrogens is 346 g/mol. The van der Waals surface area contributed by atoms with E-state index in [0.717, 1.165) is 5.39 Å². The van der Waals surface area contributed by atoms with Crippen molar-refractivity contribution in [2.75, 3.05) is 10.6 Å². The maximum atomic E-state index is 12.3. The van der Waals surface area contributed by atoms with Gasteiger partial charge < -0.3 is 15.4 Å². The smallest absolute Gasteiger partial charge is 0.410 e. The minimum atomic E-state index is -1.22. The van der Waals surface area contributed by atoms with Crippen LogP contribution in [-0.4, -0.2) is 26.2 Å². The Kier molecular flexibility index (Phi) is 4.53. The summed E-state index contributed by atoms with van der Waals surface area (Å²) in [5, 5.41) is 15.2. The van der Waals surface area contributed by atoms with E-state index >= 15 is 0 Å². The average Bonchev–Trinajstić information content (AvgIpc) is 2.54. The second kappa shape index (κ2) is 6.78. The van der Waals surface area contributed by atoms with Crippen LogP contribution >= 0.6 is 11.6 Å². The van der Waals surface area contributed by atoms with Crippen molar-refractivity contribution < 1.29 is 9.90 Å². The Morgan fingerprint density at radius 3 is 2.88 bits per heavy atom. The number of hydrogen-bond donors (Lipinski definition) is 4. The highest BCUT2D eigenvalue weighted by Gasteiger charge is 2.13. The molecule has 2 aromatic heterocycles. The molecule has 2 heterocycles. The van der Waals surface area contributed by atoms with Crippen molar-refractivity contribution in [3.8, 4) is 0 Å². The molecule has 9 heteroatoms. The molecule has 128 valence electrons. The molecule has 0 fully saturated rings. The zero-order chi connectivity index (χ0) is 18.0. The fraction of sp³-hybridized carbons (Fsp3) is 0.125. The molecule has 3 rings (SSSR count). The van der Waals surface area contributed by atoms with Gasteiger partial charge in [-0.15, -0.1) is 0 Å². The van der Waals surface area contributed by atoms with Gasteiger partial charge in [-0.05, 0) is 37.3 Å². The number of halogens is 1. The van der Waals surface area contributed by atoms with Crippen molar-refractivity contribution in [1.29, 1.82) is 0 Å². The summed E-state index contributed by atoms with van der Waals surface area (Å²) >= 11 is 6.00. The SMILES string of the molecule is CC(Nc1nccc(NC(=O)O)n1)c1cc2cc(Cl)ccc2[nH]c1=O. The van der Waals surface area contributed by atoms with Crippen LogP contribution < -0.4 is 16.2 Å². The summed E-state index contributed by atoms with van der Waals surface area (Å²) in [6.45, 7) is 1.78. The van der Waals surface area contributed by atoms with Gasteiger partial charge in [0.05, 0.1) is 6.04 Å². The summed E-state index contributed by atoms with van der Waals surface area (Å²) in [6.07, 6.45) is 0.193. The Morgan fingerprint density at radius 1 is 1.32 bits per heavy atom. The Bertz CT molecular complexity index is 1000. The number of amides is 1. The number of aromatic amines is 1. The first-order chi connectivity index (χ1) is 11.9. The molecule has 0 spiro atoms. The lowest BCUT2D eigenvalue weighted by Gasteiger charge is -2.14. The maximum absolute atomic E-state index is 12.3. The minimum absolute atomic E-state index is 0.136. The number of pyridine rings is 1. The molecule has 1 aromatic carbocycles. The highest BCUT2D eigenvalue weighted by Crippen LogP contribution is 2.21. The summed E-state index contributed by atoms with van der Waals surface area (Å²) in [7, 11) is 0. The number of carbonyl (C=O) groups is 1. The van der Waals surface area contributed by atoms with E-state index in [9.17, 15) is 9.59 Å². The molecule has 1 unspecified atom stereocenters. The highest BCUT2D eigenvalue weighted by atomic mass is 35.5. The van der Waals surface area contributed by atoms with Gasteiger partial charge >= 0.3 is 6.09 Å². The van der Waals surface area contributed by atoms with E-state index in [1.807, 2.05) is 0 Å². The third-order valence-corrected chi connectivity index (χ3v) is 3.77. The molecule has 3 aromatic rings. The number of hydrogen-bond acceptors (Lipinski definition) is 5. The van der Waals surface area contributed by atoms with Crippen molar-refractivity contribution in [1.82, 2.24) is 15.0 Å². The first-order valence-electron chi connectivity index (χ1n) is 7.34. The number of H-pyrrole nitrogens is 1. The van der Waals surface area contributed by atoms with Crippen LogP contribution in [0, 0.1) is 0 Å². The lowest BCUT2D eigenvalue weighted by molar-refractivity contribution is 0.209. The number of rotatable bonds is 4. The number of carboxylic acid groups (broad SMARTS) is 1. The van der Waals surface area contributed by atoms with Gasteiger partial charge in [-0.3, -0.25) is 10.1 Å². The van der Waals surface area contributed by atoms with Gasteiger partial charge in [-0.2, -0.15) is 4.98 Å². The number of anilines is 2. The molecule has 8 nitrogen and oxygen atoms in total. The van der Waals surface area contributed by atoms with Crippen LogP contribution in [-0.2, 0) is 0 Å². The van der Waals surface area contributed by atoms with E-state index in [0.29, 0.717) is 16.1 Å². The number of benzene rings is 1. The summed E-state index contributed by atoms with van der Waals surface area (Å²) in [6, 6.07) is 7.97. The van der Waals surface area contributed by atoms with Gasteiger partial charge in [0.15, 0.2) is 0 Å². The first-order valence-corrected chi connectivity index (χ1v) is 7.72. The molecule has 1 amide bonds. The second-order valence-corrected chi connectivity index (χ2v) is 5.78.